The van der Waals surface area contributed by atoms with Crippen molar-refractivity contribution in [1.82, 2.24) is 4.90 Å². The van der Waals surface area contributed by atoms with Crippen LogP contribution in [0.3, 0.4) is 0 Å². The molecule has 0 N–H and O–H groups in total. The number of likely N-dealkylation sites (tertiary alicyclic amines) is 1. The van der Waals surface area contributed by atoms with E-state index in [1.807, 2.05) is 34.9 Å². The molecule has 4 rings (SSSR count). The van der Waals surface area contributed by atoms with Gasteiger partial charge in [-0.25, -0.2) is 0 Å². The van der Waals surface area contributed by atoms with Gasteiger partial charge in [0.1, 0.15) is 0 Å². The van der Waals surface area contributed by atoms with Crippen LogP contribution in [-0.4, -0.2) is 60.8 Å². The Morgan fingerprint density at radius 1 is 1.30 bits per heavy atom. The zero-order valence-corrected chi connectivity index (χ0v) is 14.1. The average molecular weight is 335 g/mol. The first kappa shape index (κ1) is 15.1. The highest BCUT2D eigenvalue weighted by Gasteiger charge is 2.50. The van der Waals surface area contributed by atoms with Crippen LogP contribution < -0.4 is 9.47 Å². The fourth-order valence-corrected chi connectivity index (χ4v) is 5.04. The van der Waals surface area contributed by atoms with Crippen molar-refractivity contribution in [2.24, 2.45) is 0 Å². The molecule has 1 aromatic rings. The Kier molecular flexibility index (Phi) is 3.89. The second-order valence-electron chi connectivity index (χ2n) is 6.43. The second-order valence-corrected chi connectivity index (χ2v) is 7.92. The van der Waals surface area contributed by atoms with E-state index in [2.05, 4.69) is 0 Å². The lowest BCUT2D eigenvalue weighted by molar-refractivity contribution is 0.0451. The number of amides is 1. The van der Waals surface area contributed by atoms with Gasteiger partial charge in [0.15, 0.2) is 11.5 Å². The highest BCUT2D eigenvalue weighted by Crippen LogP contribution is 2.46. The molecular formula is C17H21NO4S. The number of carbonyl (C=O) groups excluding carboxylic acids is 1. The molecule has 124 valence electrons. The number of nitrogens with zero attached hydrogens (tertiary/aromatic N) is 1. The van der Waals surface area contributed by atoms with Gasteiger partial charge in [0.05, 0.1) is 24.1 Å². The number of methoxy groups -OCH3 is 1. The lowest BCUT2D eigenvalue weighted by Crippen LogP contribution is -2.60. The monoisotopic (exact) mass is 335 g/mol. The molecule has 1 spiro atoms. The van der Waals surface area contributed by atoms with Crippen LogP contribution in [-0.2, 0) is 4.74 Å². The van der Waals surface area contributed by atoms with Crippen molar-refractivity contribution in [1.29, 1.82) is 0 Å². The van der Waals surface area contributed by atoms with Crippen molar-refractivity contribution >= 4 is 17.7 Å². The fraction of sp³-hybridized carbons (Fsp3) is 0.588. The standard InChI is InChI=1S/C17H21NO4S/c1-20-13-8-17(23-9-13)10-18(11-17)16(19)12-3-4-14-15(7-12)22-6-2-5-21-14/h3-4,7,13H,2,5-6,8-11H2,1H3. The number of rotatable bonds is 2. The third-order valence-electron chi connectivity index (χ3n) is 4.75. The summed E-state index contributed by atoms with van der Waals surface area (Å²) in [6.07, 6.45) is 2.24. The molecule has 1 atom stereocenters. The molecule has 2 saturated heterocycles. The number of thioether (sulfide) groups is 1. The van der Waals surface area contributed by atoms with Crippen LogP contribution in [0, 0.1) is 0 Å². The maximum absolute atomic E-state index is 12.7. The van der Waals surface area contributed by atoms with E-state index in [1.54, 1.807) is 7.11 Å². The average Bonchev–Trinajstić information content (AvgIpc) is 2.84. The Bertz CT molecular complexity index is 615. The molecule has 0 bridgehead atoms. The van der Waals surface area contributed by atoms with Gasteiger partial charge < -0.3 is 19.1 Å². The molecule has 3 aliphatic rings. The van der Waals surface area contributed by atoms with E-state index in [0.29, 0.717) is 30.6 Å². The maximum Gasteiger partial charge on any atom is 0.254 e. The molecule has 0 radical (unpaired) electrons. The topological polar surface area (TPSA) is 48.0 Å². The quantitative estimate of drug-likeness (QED) is 0.829. The van der Waals surface area contributed by atoms with E-state index in [-0.39, 0.29) is 10.7 Å². The van der Waals surface area contributed by atoms with Gasteiger partial charge in [0, 0.05) is 37.9 Å². The predicted molar refractivity (Wildman–Crippen MR) is 88.6 cm³/mol. The zero-order chi connectivity index (χ0) is 15.9. The van der Waals surface area contributed by atoms with Crippen LogP contribution in [0.5, 0.6) is 11.5 Å². The van der Waals surface area contributed by atoms with Crippen molar-refractivity contribution < 1.29 is 19.0 Å². The molecule has 1 amide bonds. The smallest absolute Gasteiger partial charge is 0.254 e. The number of hydrogen-bond donors (Lipinski definition) is 0. The summed E-state index contributed by atoms with van der Waals surface area (Å²) >= 11 is 1.94. The highest BCUT2D eigenvalue weighted by atomic mass is 32.2. The number of hydrogen-bond acceptors (Lipinski definition) is 5. The van der Waals surface area contributed by atoms with Crippen LogP contribution in [0.2, 0.25) is 0 Å². The van der Waals surface area contributed by atoms with E-state index in [0.717, 1.165) is 37.4 Å². The number of ether oxygens (including phenoxy) is 3. The van der Waals surface area contributed by atoms with Crippen molar-refractivity contribution in [3.63, 3.8) is 0 Å². The summed E-state index contributed by atoms with van der Waals surface area (Å²) in [5.74, 6) is 2.52. The van der Waals surface area contributed by atoms with E-state index in [1.165, 1.54) is 0 Å². The third kappa shape index (κ3) is 2.78. The van der Waals surface area contributed by atoms with Crippen LogP contribution >= 0.6 is 11.8 Å². The molecule has 5 nitrogen and oxygen atoms in total. The Morgan fingerprint density at radius 2 is 2.09 bits per heavy atom. The summed E-state index contributed by atoms with van der Waals surface area (Å²) in [5, 5.41) is 0. The van der Waals surface area contributed by atoms with Crippen molar-refractivity contribution in [3.05, 3.63) is 23.8 Å². The van der Waals surface area contributed by atoms with Gasteiger partial charge in [-0.3, -0.25) is 4.79 Å². The first-order chi connectivity index (χ1) is 11.2. The van der Waals surface area contributed by atoms with E-state index in [4.69, 9.17) is 14.2 Å². The molecular weight excluding hydrogens is 314 g/mol. The van der Waals surface area contributed by atoms with Gasteiger partial charge in [-0.15, -0.1) is 11.8 Å². The number of benzene rings is 1. The molecule has 0 aliphatic carbocycles. The largest absolute Gasteiger partial charge is 0.490 e. The molecule has 23 heavy (non-hydrogen) atoms. The van der Waals surface area contributed by atoms with E-state index >= 15 is 0 Å². The fourth-order valence-electron chi connectivity index (χ4n) is 3.45. The lowest BCUT2D eigenvalue weighted by atomic mass is 9.92. The van der Waals surface area contributed by atoms with Crippen molar-refractivity contribution in [2.75, 3.05) is 39.2 Å². The molecule has 0 saturated carbocycles. The van der Waals surface area contributed by atoms with Crippen LogP contribution in [0.15, 0.2) is 18.2 Å². The first-order valence-corrected chi connectivity index (χ1v) is 9.03. The first-order valence-electron chi connectivity index (χ1n) is 8.05. The van der Waals surface area contributed by atoms with Gasteiger partial charge >= 0.3 is 0 Å². The predicted octanol–water partition coefficient (Wildman–Crippen LogP) is 2.19. The SMILES string of the molecule is COC1CSC2(C1)CN(C(=O)c1ccc3c(c1)OCCCO3)C2. The van der Waals surface area contributed by atoms with Gasteiger partial charge in [-0.05, 0) is 24.6 Å². The molecule has 3 heterocycles. The zero-order valence-electron chi connectivity index (χ0n) is 13.2. The Morgan fingerprint density at radius 3 is 2.83 bits per heavy atom. The Hall–Kier alpha value is -1.40. The molecule has 1 unspecified atom stereocenters. The van der Waals surface area contributed by atoms with E-state index in [9.17, 15) is 4.79 Å². The Balaban J connectivity index is 1.44. The summed E-state index contributed by atoms with van der Waals surface area (Å²) < 4.78 is 16.9. The van der Waals surface area contributed by atoms with Gasteiger partial charge in [0.2, 0.25) is 0 Å². The van der Waals surface area contributed by atoms with Gasteiger partial charge in [-0.2, -0.15) is 0 Å². The number of fused-ring (bicyclic) bond motifs is 1. The minimum Gasteiger partial charge on any atom is -0.490 e. The summed E-state index contributed by atoms with van der Waals surface area (Å²) in [5.41, 5.74) is 0.676. The van der Waals surface area contributed by atoms with Crippen LogP contribution in [0.25, 0.3) is 0 Å². The summed E-state index contributed by atoms with van der Waals surface area (Å²) in [4.78, 5) is 14.6. The molecule has 6 heteroatoms. The molecule has 0 aromatic heterocycles. The summed E-state index contributed by atoms with van der Waals surface area (Å²) in [6.45, 7) is 2.91. The number of carbonyl (C=O) groups is 1. The minimum absolute atomic E-state index is 0.0766. The van der Waals surface area contributed by atoms with Gasteiger partial charge in [-0.1, -0.05) is 0 Å². The van der Waals surface area contributed by atoms with Crippen LogP contribution in [0.1, 0.15) is 23.2 Å². The third-order valence-corrected chi connectivity index (χ3v) is 6.32. The normalized spacial score (nSPS) is 25.1. The van der Waals surface area contributed by atoms with Crippen molar-refractivity contribution in [3.8, 4) is 11.5 Å². The highest BCUT2D eigenvalue weighted by molar-refractivity contribution is 8.01. The van der Waals surface area contributed by atoms with Crippen molar-refractivity contribution in [2.45, 2.75) is 23.7 Å². The summed E-state index contributed by atoms with van der Waals surface area (Å²) in [7, 11) is 1.77. The molecule has 2 fully saturated rings. The Labute approximate surface area is 140 Å². The van der Waals surface area contributed by atoms with Crippen LogP contribution in [0.4, 0.5) is 0 Å². The molecule has 3 aliphatic heterocycles. The van der Waals surface area contributed by atoms with E-state index < -0.39 is 0 Å². The second kappa shape index (κ2) is 5.91. The summed E-state index contributed by atoms with van der Waals surface area (Å²) in [6, 6.07) is 5.49. The maximum atomic E-state index is 12.7. The molecule has 1 aromatic carbocycles. The lowest BCUT2D eigenvalue weighted by Gasteiger charge is -2.47. The van der Waals surface area contributed by atoms with Gasteiger partial charge in [0.25, 0.3) is 5.91 Å². The minimum atomic E-state index is 0.0766.